The highest BCUT2D eigenvalue weighted by molar-refractivity contribution is 6.31. The lowest BCUT2D eigenvalue weighted by atomic mass is 10.1. The van der Waals surface area contributed by atoms with Crippen molar-refractivity contribution < 1.29 is 14.3 Å². The number of nitrogens with one attached hydrogen (secondary N) is 1. The first-order valence-electron chi connectivity index (χ1n) is 7.08. The number of para-hydroxylation sites is 2. The van der Waals surface area contributed by atoms with E-state index in [4.69, 9.17) is 21.1 Å². The SMILES string of the molecule is C[C@H](NC(=O)[C@@H]1COc2ccccc2O1)c1ccccc1Cl. The van der Waals surface area contributed by atoms with Gasteiger partial charge in [-0.05, 0) is 30.7 Å². The summed E-state index contributed by atoms with van der Waals surface area (Å²) in [5, 5.41) is 3.54. The zero-order valence-corrected chi connectivity index (χ0v) is 12.8. The molecule has 114 valence electrons. The largest absolute Gasteiger partial charge is 0.485 e. The third-order valence-electron chi connectivity index (χ3n) is 3.53. The van der Waals surface area contributed by atoms with Crippen LogP contribution in [0.3, 0.4) is 0 Å². The summed E-state index contributed by atoms with van der Waals surface area (Å²) in [6.07, 6.45) is -0.667. The van der Waals surface area contributed by atoms with Crippen molar-refractivity contribution >= 4 is 17.5 Å². The molecule has 2 atom stereocenters. The zero-order chi connectivity index (χ0) is 15.5. The third-order valence-corrected chi connectivity index (χ3v) is 3.88. The second-order valence-electron chi connectivity index (χ2n) is 5.12. The van der Waals surface area contributed by atoms with Crippen LogP contribution in [0.2, 0.25) is 5.02 Å². The lowest BCUT2D eigenvalue weighted by Crippen LogP contribution is -2.44. The Balaban J connectivity index is 1.67. The van der Waals surface area contributed by atoms with Gasteiger partial charge in [-0.15, -0.1) is 0 Å². The Morgan fingerprint density at radius 1 is 1.18 bits per heavy atom. The molecule has 0 aliphatic carbocycles. The molecule has 0 radical (unpaired) electrons. The molecule has 0 spiro atoms. The van der Waals surface area contributed by atoms with E-state index in [1.807, 2.05) is 43.3 Å². The van der Waals surface area contributed by atoms with E-state index in [0.717, 1.165) is 5.56 Å². The number of amides is 1. The number of benzene rings is 2. The van der Waals surface area contributed by atoms with Gasteiger partial charge in [-0.25, -0.2) is 0 Å². The summed E-state index contributed by atoms with van der Waals surface area (Å²) in [6, 6.07) is 14.5. The molecule has 0 aromatic heterocycles. The van der Waals surface area contributed by atoms with Crippen LogP contribution in [0.25, 0.3) is 0 Å². The van der Waals surface area contributed by atoms with Gasteiger partial charge < -0.3 is 14.8 Å². The molecule has 1 aliphatic rings. The number of hydrogen-bond acceptors (Lipinski definition) is 3. The van der Waals surface area contributed by atoms with Gasteiger partial charge in [0.2, 0.25) is 6.10 Å². The van der Waals surface area contributed by atoms with Gasteiger partial charge in [0, 0.05) is 5.02 Å². The smallest absolute Gasteiger partial charge is 0.265 e. The van der Waals surface area contributed by atoms with Gasteiger partial charge in [0.25, 0.3) is 5.91 Å². The topological polar surface area (TPSA) is 47.6 Å². The van der Waals surface area contributed by atoms with Crippen LogP contribution in [-0.2, 0) is 4.79 Å². The molecule has 22 heavy (non-hydrogen) atoms. The summed E-state index contributed by atoms with van der Waals surface area (Å²) in [4.78, 5) is 12.3. The molecule has 3 rings (SSSR count). The molecule has 1 heterocycles. The van der Waals surface area contributed by atoms with E-state index in [1.54, 1.807) is 12.1 Å². The van der Waals surface area contributed by atoms with E-state index in [-0.39, 0.29) is 18.6 Å². The first-order valence-corrected chi connectivity index (χ1v) is 7.46. The average molecular weight is 318 g/mol. The van der Waals surface area contributed by atoms with Crippen LogP contribution in [0.1, 0.15) is 18.5 Å². The van der Waals surface area contributed by atoms with E-state index in [2.05, 4.69) is 5.32 Å². The number of halogens is 1. The van der Waals surface area contributed by atoms with Gasteiger partial charge in [-0.1, -0.05) is 41.9 Å². The molecule has 0 saturated carbocycles. The van der Waals surface area contributed by atoms with Gasteiger partial charge in [-0.3, -0.25) is 4.79 Å². The summed E-state index contributed by atoms with van der Waals surface area (Å²) >= 11 is 6.15. The van der Waals surface area contributed by atoms with Gasteiger partial charge in [0.05, 0.1) is 6.04 Å². The maximum Gasteiger partial charge on any atom is 0.265 e. The van der Waals surface area contributed by atoms with Crippen LogP contribution in [0.5, 0.6) is 11.5 Å². The van der Waals surface area contributed by atoms with E-state index >= 15 is 0 Å². The van der Waals surface area contributed by atoms with Crippen molar-refractivity contribution in [3.63, 3.8) is 0 Å². The molecular formula is C17H16ClNO3. The number of carbonyl (C=O) groups excluding carboxylic acids is 1. The van der Waals surface area contributed by atoms with Crippen LogP contribution >= 0.6 is 11.6 Å². The number of carbonyl (C=O) groups is 1. The molecule has 2 aromatic rings. The van der Waals surface area contributed by atoms with Crippen molar-refractivity contribution in [3.05, 3.63) is 59.1 Å². The first-order chi connectivity index (χ1) is 10.6. The van der Waals surface area contributed by atoms with Crippen LogP contribution < -0.4 is 14.8 Å². The summed E-state index contributed by atoms with van der Waals surface area (Å²) in [5.74, 6) is 1.02. The maximum atomic E-state index is 12.3. The quantitative estimate of drug-likeness (QED) is 0.944. The zero-order valence-electron chi connectivity index (χ0n) is 12.1. The Hall–Kier alpha value is -2.20. The van der Waals surface area contributed by atoms with Gasteiger partial charge >= 0.3 is 0 Å². The highest BCUT2D eigenvalue weighted by atomic mass is 35.5. The van der Waals surface area contributed by atoms with E-state index in [9.17, 15) is 4.79 Å². The van der Waals surface area contributed by atoms with Crippen molar-refractivity contribution in [2.45, 2.75) is 19.1 Å². The Morgan fingerprint density at radius 2 is 1.86 bits per heavy atom. The standard InChI is InChI=1S/C17H16ClNO3/c1-11(12-6-2-3-7-13(12)18)19-17(20)16-10-21-14-8-4-5-9-15(14)22-16/h2-9,11,16H,10H2,1H3,(H,19,20)/t11-,16-/m0/s1. The predicted molar refractivity (Wildman–Crippen MR) is 84.4 cm³/mol. The normalized spacial score (nSPS) is 17.6. The molecule has 0 saturated heterocycles. The van der Waals surface area contributed by atoms with Crippen molar-refractivity contribution in [2.24, 2.45) is 0 Å². The van der Waals surface area contributed by atoms with E-state index in [0.29, 0.717) is 16.5 Å². The first kappa shape index (κ1) is 14.7. The van der Waals surface area contributed by atoms with E-state index < -0.39 is 6.10 Å². The molecule has 2 aromatic carbocycles. The van der Waals surface area contributed by atoms with Crippen molar-refractivity contribution in [3.8, 4) is 11.5 Å². The molecule has 4 nitrogen and oxygen atoms in total. The molecule has 0 fully saturated rings. The monoisotopic (exact) mass is 317 g/mol. The molecule has 0 unspecified atom stereocenters. The Bertz CT molecular complexity index is 689. The average Bonchev–Trinajstić information content (AvgIpc) is 2.54. The number of ether oxygens (including phenoxy) is 2. The highest BCUT2D eigenvalue weighted by Gasteiger charge is 2.28. The predicted octanol–water partition coefficient (Wildman–Crippen LogP) is 3.36. The molecule has 1 N–H and O–H groups in total. The minimum absolute atomic E-state index is 0.193. The van der Waals surface area contributed by atoms with Gasteiger partial charge in [0.1, 0.15) is 6.61 Å². The second-order valence-corrected chi connectivity index (χ2v) is 5.52. The van der Waals surface area contributed by atoms with Crippen molar-refractivity contribution in [1.29, 1.82) is 0 Å². The summed E-state index contributed by atoms with van der Waals surface area (Å²) in [5.41, 5.74) is 0.870. The molecule has 1 aliphatic heterocycles. The maximum absolute atomic E-state index is 12.3. The molecule has 1 amide bonds. The van der Waals surface area contributed by atoms with Gasteiger partial charge in [-0.2, -0.15) is 0 Å². The fourth-order valence-electron chi connectivity index (χ4n) is 2.36. The number of rotatable bonds is 3. The fraction of sp³-hybridized carbons (Fsp3) is 0.235. The molecular weight excluding hydrogens is 302 g/mol. The Morgan fingerprint density at radius 3 is 2.64 bits per heavy atom. The van der Waals surface area contributed by atoms with Crippen LogP contribution in [0.4, 0.5) is 0 Å². The van der Waals surface area contributed by atoms with E-state index in [1.165, 1.54) is 0 Å². The number of hydrogen-bond donors (Lipinski definition) is 1. The minimum Gasteiger partial charge on any atom is -0.485 e. The van der Waals surface area contributed by atoms with Gasteiger partial charge in [0.15, 0.2) is 11.5 Å². The molecule has 0 bridgehead atoms. The Kier molecular flexibility index (Phi) is 4.20. The minimum atomic E-state index is -0.667. The second kappa shape index (κ2) is 6.28. The Labute approximate surface area is 134 Å². The fourth-order valence-corrected chi connectivity index (χ4v) is 2.66. The lowest BCUT2D eigenvalue weighted by Gasteiger charge is -2.27. The third kappa shape index (κ3) is 3.02. The van der Waals surface area contributed by atoms with Crippen molar-refractivity contribution in [2.75, 3.05) is 6.61 Å². The summed E-state index contributed by atoms with van der Waals surface area (Å²) in [7, 11) is 0. The van der Waals surface area contributed by atoms with Crippen molar-refractivity contribution in [1.82, 2.24) is 5.32 Å². The van der Waals surface area contributed by atoms with Crippen LogP contribution in [0, 0.1) is 0 Å². The lowest BCUT2D eigenvalue weighted by molar-refractivity contribution is -0.131. The summed E-state index contributed by atoms with van der Waals surface area (Å²) in [6.45, 7) is 2.08. The van der Waals surface area contributed by atoms with Crippen LogP contribution in [-0.4, -0.2) is 18.6 Å². The van der Waals surface area contributed by atoms with Crippen LogP contribution in [0.15, 0.2) is 48.5 Å². The highest BCUT2D eigenvalue weighted by Crippen LogP contribution is 2.31. The summed E-state index contributed by atoms with van der Waals surface area (Å²) < 4.78 is 11.2. The molecule has 5 heteroatoms. The number of fused-ring (bicyclic) bond motifs is 1.